The van der Waals surface area contributed by atoms with Crippen molar-refractivity contribution in [2.24, 2.45) is 0 Å². The molecular formula is C21H26N2O4. The molecule has 2 heterocycles. The van der Waals surface area contributed by atoms with E-state index in [-0.39, 0.29) is 12.3 Å². The van der Waals surface area contributed by atoms with Crippen molar-refractivity contribution in [2.45, 2.75) is 45.1 Å². The number of carbonyl (C=O) groups excluding carboxylic acids is 2. The molecule has 0 spiro atoms. The van der Waals surface area contributed by atoms with Crippen LogP contribution in [0.3, 0.4) is 0 Å². The number of piperidine rings is 1. The van der Waals surface area contributed by atoms with E-state index in [2.05, 4.69) is 10.2 Å². The quantitative estimate of drug-likeness (QED) is 0.751. The highest BCUT2D eigenvalue weighted by atomic mass is 16.5. The number of hydrogen-bond donors (Lipinski definition) is 1. The highest BCUT2D eigenvalue weighted by molar-refractivity contribution is 5.95. The van der Waals surface area contributed by atoms with Crippen molar-refractivity contribution in [1.82, 2.24) is 0 Å². The number of amides is 1. The smallest absolute Gasteiger partial charge is 0.307 e. The molecule has 0 unspecified atom stereocenters. The van der Waals surface area contributed by atoms with Crippen LogP contribution in [0.1, 0.15) is 38.4 Å². The van der Waals surface area contributed by atoms with Crippen LogP contribution in [0.5, 0.6) is 0 Å². The van der Waals surface area contributed by atoms with Crippen LogP contribution >= 0.6 is 0 Å². The SMILES string of the molecule is C[C@H](OC(=O)CCc1ccco1)C(=O)Nc1ccc(N2CCCCC2)cc1. The second kappa shape index (κ2) is 9.26. The summed E-state index contributed by atoms with van der Waals surface area (Å²) in [7, 11) is 0. The molecule has 1 N–H and O–H groups in total. The van der Waals surface area contributed by atoms with E-state index in [9.17, 15) is 9.59 Å². The van der Waals surface area contributed by atoms with Crippen LogP contribution < -0.4 is 10.2 Å². The number of carbonyl (C=O) groups is 2. The van der Waals surface area contributed by atoms with Gasteiger partial charge in [-0.1, -0.05) is 0 Å². The monoisotopic (exact) mass is 370 g/mol. The van der Waals surface area contributed by atoms with Crippen molar-refractivity contribution in [3.63, 3.8) is 0 Å². The second-order valence-corrected chi connectivity index (χ2v) is 6.80. The zero-order chi connectivity index (χ0) is 19.1. The summed E-state index contributed by atoms with van der Waals surface area (Å²) in [6, 6.07) is 11.4. The molecule has 1 aromatic heterocycles. The van der Waals surface area contributed by atoms with E-state index in [0.29, 0.717) is 12.1 Å². The Kier molecular flexibility index (Phi) is 6.52. The van der Waals surface area contributed by atoms with Crippen molar-refractivity contribution in [3.8, 4) is 0 Å². The number of ether oxygens (including phenoxy) is 1. The van der Waals surface area contributed by atoms with Crippen molar-refractivity contribution < 1.29 is 18.7 Å². The molecule has 1 amide bonds. The lowest BCUT2D eigenvalue weighted by Crippen LogP contribution is -2.30. The van der Waals surface area contributed by atoms with E-state index in [1.54, 1.807) is 25.3 Å². The third kappa shape index (κ3) is 5.61. The summed E-state index contributed by atoms with van der Waals surface area (Å²) in [6.45, 7) is 3.73. The van der Waals surface area contributed by atoms with Crippen molar-refractivity contribution in [3.05, 3.63) is 48.4 Å². The predicted molar refractivity (Wildman–Crippen MR) is 104 cm³/mol. The summed E-state index contributed by atoms with van der Waals surface area (Å²) in [5.74, 6) is -0.0422. The minimum atomic E-state index is -0.851. The van der Waals surface area contributed by atoms with E-state index in [1.807, 2.05) is 24.3 Å². The Morgan fingerprint density at radius 1 is 1.15 bits per heavy atom. The molecule has 144 valence electrons. The molecule has 27 heavy (non-hydrogen) atoms. The molecule has 1 aromatic carbocycles. The number of furan rings is 1. The lowest BCUT2D eigenvalue weighted by molar-refractivity contribution is -0.153. The minimum Gasteiger partial charge on any atom is -0.469 e. The molecular weight excluding hydrogens is 344 g/mol. The first kappa shape index (κ1) is 19.0. The topological polar surface area (TPSA) is 71.8 Å². The van der Waals surface area contributed by atoms with Crippen LogP contribution in [0.25, 0.3) is 0 Å². The summed E-state index contributed by atoms with van der Waals surface area (Å²) in [4.78, 5) is 26.5. The summed E-state index contributed by atoms with van der Waals surface area (Å²) >= 11 is 0. The predicted octanol–water partition coefficient (Wildman–Crippen LogP) is 3.77. The van der Waals surface area contributed by atoms with E-state index >= 15 is 0 Å². The fourth-order valence-corrected chi connectivity index (χ4v) is 3.14. The zero-order valence-electron chi connectivity index (χ0n) is 15.6. The molecule has 0 saturated carbocycles. The van der Waals surface area contributed by atoms with Crippen LogP contribution in [0.4, 0.5) is 11.4 Å². The van der Waals surface area contributed by atoms with Gasteiger partial charge >= 0.3 is 5.97 Å². The average molecular weight is 370 g/mol. The van der Waals surface area contributed by atoms with Crippen LogP contribution in [0, 0.1) is 0 Å². The number of esters is 1. The summed E-state index contributed by atoms with van der Waals surface area (Å²) < 4.78 is 10.4. The van der Waals surface area contributed by atoms with Crippen LogP contribution in [-0.4, -0.2) is 31.1 Å². The minimum absolute atomic E-state index is 0.176. The summed E-state index contributed by atoms with van der Waals surface area (Å²) in [5, 5.41) is 2.79. The zero-order valence-corrected chi connectivity index (χ0v) is 15.6. The summed E-state index contributed by atoms with van der Waals surface area (Å²) in [5.41, 5.74) is 1.87. The van der Waals surface area contributed by atoms with Gasteiger partial charge in [0.2, 0.25) is 0 Å². The van der Waals surface area contributed by atoms with Crippen LogP contribution in [0.15, 0.2) is 47.1 Å². The molecule has 1 saturated heterocycles. The number of aryl methyl sites for hydroxylation is 1. The molecule has 1 aliphatic heterocycles. The molecule has 0 radical (unpaired) electrons. The van der Waals surface area contributed by atoms with E-state index in [4.69, 9.17) is 9.15 Å². The number of nitrogens with zero attached hydrogens (tertiary/aromatic N) is 1. The number of hydrogen-bond acceptors (Lipinski definition) is 5. The molecule has 1 atom stereocenters. The molecule has 6 nitrogen and oxygen atoms in total. The molecule has 0 bridgehead atoms. The van der Waals surface area contributed by atoms with E-state index < -0.39 is 12.1 Å². The first-order valence-electron chi connectivity index (χ1n) is 9.49. The maximum atomic E-state index is 12.3. The van der Waals surface area contributed by atoms with Gasteiger partial charge in [0.1, 0.15) is 5.76 Å². The highest BCUT2D eigenvalue weighted by Crippen LogP contribution is 2.22. The average Bonchev–Trinajstić information content (AvgIpc) is 3.21. The van der Waals surface area contributed by atoms with Gasteiger partial charge in [-0.2, -0.15) is 0 Å². The number of nitrogens with one attached hydrogen (secondary N) is 1. The van der Waals surface area contributed by atoms with Gasteiger partial charge in [0.05, 0.1) is 12.7 Å². The van der Waals surface area contributed by atoms with Crippen LogP contribution in [0.2, 0.25) is 0 Å². The Balaban J connectivity index is 1.45. The fourth-order valence-electron chi connectivity index (χ4n) is 3.14. The molecule has 0 aliphatic carbocycles. The Morgan fingerprint density at radius 3 is 2.56 bits per heavy atom. The lowest BCUT2D eigenvalue weighted by Gasteiger charge is -2.28. The Morgan fingerprint density at radius 2 is 1.89 bits per heavy atom. The molecule has 3 rings (SSSR count). The lowest BCUT2D eigenvalue weighted by atomic mass is 10.1. The van der Waals surface area contributed by atoms with Gasteiger partial charge in [-0.05, 0) is 62.6 Å². The maximum Gasteiger partial charge on any atom is 0.307 e. The number of rotatable bonds is 7. The Labute approximate surface area is 159 Å². The van der Waals surface area contributed by atoms with Gasteiger partial charge in [0.15, 0.2) is 6.10 Å². The third-order valence-electron chi connectivity index (χ3n) is 4.69. The first-order chi connectivity index (χ1) is 13.1. The van der Waals surface area contributed by atoms with E-state index in [0.717, 1.165) is 18.8 Å². The number of anilines is 2. The van der Waals surface area contributed by atoms with Crippen molar-refractivity contribution >= 4 is 23.3 Å². The highest BCUT2D eigenvalue weighted by Gasteiger charge is 2.18. The van der Waals surface area contributed by atoms with Gasteiger partial charge in [0, 0.05) is 30.9 Å². The van der Waals surface area contributed by atoms with Gasteiger partial charge in [-0.15, -0.1) is 0 Å². The van der Waals surface area contributed by atoms with Crippen molar-refractivity contribution in [2.75, 3.05) is 23.3 Å². The second-order valence-electron chi connectivity index (χ2n) is 6.80. The number of benzene rings is 1. The molecule has 6 heteroatoms. The molecule has 1 fully saturated rings. The largest absolute Gasteiger partial charge is 0.469 e. The van der Waals surface area contributed by atoms with Gasteiger partial charge in [-0.3, -0.25) is 9.59 Å². The molecule has 2 aromatic rings. The summed E-state index contributed by atoms with van der Waals surface area (Å²) in [6.07, 6.45) is 5.09. The fraction of sp³-hybridized carbons (Fsp3) is 0.429. The van der Waals surface area contributed by atoms with Gasteiger partial charge in [0.25, 0.3) is 5.91 Å². The third-order valence-corrected chi connectivity index (χ3v) is 4.69. The normalized spacial score (nSPS) is 15.2. The van der Waals surface area contributed by atoms with Gasteiger partial charge in [-0.25, -0.2) is 0 Å². The maximum absolute atomic E-state index is 12.3. The molecule has 1 aliphatic rings. The van der Waals surface area contributed by atoms with E-state index in [1.165, 1.54) is 24.9 Å². The standard InChI is InChI=1S/C21H26N2O4/c1-16(27-20(24)12-11-19-6-5-15-26-19)21(25)22-17-7-9-18(10-8-17)23-13-3-2-4-14-23/h5-10,15-16H,2-4,11-14H2,1H3,(H,22,25)/t16-/m0/s1. The Bertz CT molecular complexity index is 734. The van der Waals surface area contributed by atoms with Gasteiger partial charge < -0.3 is 19.4 Å². The first-order valence-corrected chi connectivity index (χ1v) is 9.49. The van der Waals surface area contributed by atoms with Crippen LogP contribution in [-0.2, 0) is 20.7 Å². The Hall–Kier alpha value is -2.76. The van der Waals surface area contributed by atoms with Crippen molar-refractivity contribution in [1.29, 1.82) is 0 Å².